The van der Waals surface area contributed by atoms with Gasteiger partial charge in [-0.25, -0.2) is 4.98 Å². The van der Waals surface area contributed by atoms with Crippen LogP contribution in [0.1, 0.15) is 17.2 Å². The molecule has 0 fully saturated rings. The maximum absolute atomic E-state index is 12.7. The Hall–Kier alpha value is -3.25. The predicted octanol–water partition coefficient (Wildman–Crippen LogP) is 4.93. The first kappa shape index (κ1) is 16.9. The van der Waals surface area contributed by atoms with E-state index in [2.05, 4.69) is 10.3 Å². The van der Waals surface area contributed by atoms with Gasteiger partial charge in [0.2, 0.25) is 5.91 Å². The van der Waals surface area contributed by atoms with Crippen LogP contribution in [0.5, 0.6) is 11.5 Å². The molecule has 4 aromatic rings. The van der Waals surface area contributed by atoms with Crippen LogP contribution in [0.3, 0.4) is 0 Å². The Morgan fingerprint density at radius 2 is 1.57 bits per heavy atom. The fraction of sp³-hybridized carbons (Fsp3) is 0.0909. The Morgan fingerprint density at radius 3 is 2.29 bits per heavy atom. The monoisotopic (exact) mass is 388 g/mol. The molecule has 1 aromatic heterocycles. The van der Waals surface area contributed by atoms with E-state index < -0.39 is 0 Å². The molecule has 28 heavy (non-hydrogen) atoms. The van der Waals surface area contributed by atoms with Gasteiger partial charge in [-0.3, -0.25) is 4.79 Å². The standard InChI is InChI=1S/C22H16N2O3S/c25-20(13-28-22-23-16-9-3-6-12-19(16)27-22)24-21-14-7-1-4-10-17(14)26-18-11-5-2-8-15(18)21/h1-12,21H,13H2,(H,24,25). The van der Waals surface area contributed by atoms with E-state index in [1.165, 1.54) is 11.8 Å². The molecule has 1 N–H and O–H groups in total. The van der Waals surface area contributed by atoms with Crippen LogP contribution in [-0.4, -0.2) is 16.6 Å². The van der Waals surface area contributed by atoms with E-state index in [0.29, 0.717) is 5.22 Å². The molecule has 0 spiro atoms. The maximum atomic E-state index is 12.7. The summed E-state index contributed by atoms with van der Waals surface area (Å²) >= 11 is 1.28. The Labute approximate surface area is 165 Å². The highest BCUT2D eigenvalue weighted by atomic mass is 32.2. The first-order valence-electron chi connectivity index (χ1n) is 8.91. The molecule has 1 amide bonds. The van der Waals surface area contributed by atoms with Crippen molar-refractivity contribution in [3.05, 3.63) is 83.9 Å². The molecule has 6 heteroatoms. The Balaban J connectivity index is 1.34. The van der Waals surface area contributed by atoms with E-state index in [1.807, 2.05) is 72.8 Å². The Morgan fingerprint density at radius 1 is 0.929 bits per heavy atom. The summed E-state index contributed by atoms with van der Waals surface area (Å²) in [4.78, 5) is 17.1. The van der Waals surface area contributed by atoms with Crippen LogP contribution in [0.15, 0.2) is 82.4 Å². The van der Waals surface area contributed by atoms with Gasteiger partial charge in [0.25, 0.3) is 5.22 Å². The summed E-state index contributed by atoms with van der Waals surface area (Å²) in [6.45, 7) is 0. The smallest absolute Gasteiger partial charge is 0.257 e. The van der Waals surface area contributed by atoms with Crippen molar-refractivity contribution in [2.75, 3.05) is 5.75 Å². The average molecular weight is 388 g/mol. The number of aromatic nitrogens is 1. The fourth-order valence-electron chi connectivity index (χ4n) is 3.31. The number of fused-ring (bicyclic) bond motifs is 3. The molecule has 0 saturated carbocycles. The van der Waals surface area contributed by atoms with Crippen molar-refractivity contribution >= 4 is 28.8 Å². The summed E-state index contributed by atoms with van der Waals surface area (Å²) < 4.78 is 11.6. The summed E-state index contributed by atoms with van der Waals surface area (Å²) in [5.41, 5.74) is 3.40. The molecule has 0 saturated heterocycles. The number of ether oxygens (including phenoxy) is 1. The molecule has 3 aromatic carbocycles. The topological polar surface area (TPSA) is 64.4 Å². The lowest BCUT2D eigenvalue weighted by molar-refractivity contribution is -0.119. The second kappa shape index (κ2) is 7.05. The van der Waals surface area contributed by atoms with Gasteiger partial charge in [-0.05, 0) is 24.3 Å². The first-order valence-corrected chi connectivity index (χ1v) is 9.90. The third-order valence-electron chi connectivity index (χ3n) is 4.59. The first-order chi connectivity index (χ1) is 13.8. The normalized spacial score (nSPS) is 12.9. The average Bonchev–Trinajstić information content (AvgIpc) is 3.15. The number of carbonyl (C=O) groups excluding carboxylic acids is 1. The zero-order valence-electron chi connectivity index (χ0n) is 14.8. The predicted molar refractivity (Wildman–Crippen MR) is 108 cm³/mol. The summed E-state index contributed by atoms with van der Waals surface area (Å²) in [5, 5.41) is 3.62. The van der Waals surface area contributed by atoms with Gasteiger partial charge in [-0.2, -0.15) is 0 Å². The summed E-state index contributed by atoms with van der Waals surface area (Å²) in [5.74, 6) is 1.65. The van der Waals surface area contributed by atoms with Crippen LogP contribution < -0.4 is 10.1 Å². The minimum atomic E-state index is -0.252. The van der Waals surface area contributed by atoms with Crippen LogP contribution >= 0.6 is 11.8 Å². The highest BCUT2D eigenvalue weighted by molar-refractivity contribution is 7.99. The zero-order valence-corrected chi connectivity index (χ0v) is 15.6. The Kier molecular flexibility index (Phi) is 4.25. The molecule has 138 valence electrons. The molecule has 5 nitrogen and oxygen atoms in total. The third kappa shape index (κ3) is 3.12. The number of nitrogens with zero attached hydrogens (tertiary/aromatic N) is 1. The van der Waals surface area contributed by atoms with Crippen molar-refractivity contribution in [2.45, 2.75) is 11.3 Å². The number of oxazole rings is 1. The second-order valence-electron chi connectivity index (χ2n) is 6.41. The van der Waals surface area contributed by atoms with E-state index >= 15 is 0 Å². The number of para-hydroxylation sites is 4. The van der Waals surface area contributed by atoms with E-state index in [0.717, 1.165) is 33.7 Å². The molecule has 0 unspecified atom stereocenters. The lowest BCUT2D eigenvalue weighted by Crippen LogP contribution is -2.32. The molecular weight excluding hydrogens is 372 g/mol. The van der Waals surface area contributed by atoms with Crippen molar-refractivity contribution in [3.8, 4) is 11.5 Å². The summed E-state index contributed by atoms with van der Waals surface area (Å²) in [6, 6.07) is 22.8. The van der Waals surface area contributed by atoms with Crippen molar-refractivity contribution < 1.29 is 13.9 Å². The highest BCUT2D eigenvalue weighted by Gasteiger charge is 2.28. The minimum absolute atomic E-state index is 0.0937. The molecule has 0 bridgehead atoms. The van der Waals surface area contributed by atoms with Gasteiger partial charge in [-0.1, -0.05) is 60.3 Å². The molecule has 2 heterocycles. The van der Waals surface area contributed by atoms with Gasteiger partial charge in [-0.15, -0.1) is 0 Å². The van der Waals surface area contributed by atoms with E-state index in [1.54, 1.807) is 0 Å². The summed E-state index contributed by atoms with van der Waals surface area (Å²) in [7, 11) is 0. The number of nitrogens with one attached hydrogen (secondary N) is 1. The van der Waals surface area contributed by atoms with Gasteiger partial charge < -0.3 is 14.5 Å². The van der Waals surface area contributed by atoms with Crippen molar-refractivity contribution in [2.24, 2.45) is 0 Å². The number of hydrogen-bond donors (Lipinski definition) is 1. The van der Waals surface area contributed by atoms with Gasteiger partial charge in [0, 0.05) is 11.1 Å². The fourth-order valence-corrected chi connectivity index (χ4v) is 3.96. The van der Waals surface area contributed by atoms with Crippen LogP contribution in [0.2, 0.25) is 0 Å². The number of amides is 1. The molecule has 5 rings (SSSR count). The Bertz CT molecular complexity index is 1090. The van der Waals surface area contributed by atoms with Gasteiger partial charge in [0.05, 0.1) is 11.8 Å². The van der Waals surface area contributed by atoms with Crippen LogP contribution in [0.25, 0.3) is 11.1 Å². The number of benzene rings is 3. The van der Waals surface area contributed by atoms with Crippen LogP contribution in [0.4, 0.5) is 0 Å². The number of rotatable bonds is 4. The number of thioether (sulfide) groups is 1. The van der Waals surface area contributed by atoms with Gasteiger partial charge in [0.1, 0.15) is 17.0 Å². The van der Waals surface area contributed by atoms with Crippen molar-refractivity contribution in [1.82, 2.24) is 10.3 Å². The second-order valence-corrected chi connectivity index (χ2v) is 7.34. The largest absolute Gasteiger partial charge is 0.457 e. The number of carbonyl (C=O) groups is 1. The van der Waals surface area contributed by atoms with Crippen molar-refractivity contribution in [3.63, 3.8) is 0 Å². The number of hydrogen-bond acceptors (Lipinski definition) is 5. The lowest BCUT2D eigenvalue weighted by Gasteiger charge is -2.28. The van der Waals surface area contributed by atoms with Crippen LogP contribution in [0, 0.1) is 0 Å². The molecule has 0 radical (unpaired) electrons. The maximum Gasteiger partial charge on any atom is 0.257 e. The lowest BCUT2D eigenvalue weighted by atomic mass is 9.94. The van der Waals surface area contributed by atoms with E-state index in [-0.39, 0.29) is 17.7 Å². The van der Waals surface area contributed by atoms with E-state index in [9.17, 15) is 4.79 Å². The van der Waals surface area contributed by atoms with Crippen LogP contribution in [-0.2, 0) is 4.79 Å². The van der Waals surface area contributed by atoms with Crippen molar-refractivity contribution in [1.29, 1.82) is 0 Å². The molecule has 0 atom stereocenters. The van der Waals surface area contributed by atoms with E-state index in [4.69, 9.17) is 9.15 Å². The zero-order chi connectivity index (χ0) is 18.9. The molecule has 0 aliphatic carbocycles. The molecule has 1 aliphatic heterocycles. The highest BCUT2D eigenvalue weighted by Crippen LogP contribution is 2.42. The molecular formula is C22H16N2O3S. The third-order valence-corrected chi connectivity index (χ3v) is 5.41. The van der Waals surface area contributed by atoms with Gasteiger partial charge >= 0.3 is 0 Å². The summed E-state index contributed by atoms with van der Waals surface area (Å²) in [6.07, 6.45) is 0. The minimum Gasteiger partial charge on any atom is -0.457 e. The quantitative estimate of drug-likeness (QED) is 0.502. The SMILES string of the molecule is O=C(CSc1nc2ccccc2o1)NC1c2ccccc2Oc2ccccc21. The van der Waals surface area contributed by atoms with Gasteiger partial charge in [0.15, 0.2) is 5.58 Å². The molecule has 1 aliphatic rings.